The molecular weight excluding hydrogens is 274 g/mol. The van der Waals surface area contributed by atoms with Gasteiger partial charge >= 0.3 is 6.43 Å². The third-order valence-electron chi connectivity index (χ3n) is 4.11. The largest absolute Gasteiger partial charge is 0.336 e. The van der Waals surface area contributed by atoms with E-state index in [0.29, 0.717) is 19.5 Å². The molecule has 2 rings (SSSR count). The van der Waals surface area contributed by atoms with Crippen LogP contribution < -0.4 is 0 Å². The predicted octanol–water partition coefficient (Wildman–Crippen LogP) is 2.42. The van der Waals surface area contributed by atoms with Crippen LogP contribution in [0.15, 0.2) is 30.3 Å². The molecule has 1 unspecified atom stereocenters. The number of carbonyl (C=O) groups excluding carboxylic acids is 1. The maximum atomic E-state index is 12.8. The molecule has 0 bridgehead atoms. The van der Waals surface area contributed by atoms with Gasteiger partial charge in [-0.05, 0) is 38.4 Å². The fourth-order valence-corrected chi connectivity index (χ4v) is 2.80. The van der Waals surface area contributed by atoms with Gasteiger partial charge in [-0.1, -0.05) is 30.3 Å². The quantitative estimate of drug-likeness (QED) is 0.805. The Labute approximate surface area is 124 Å². The lowest BCUT2D eigenvalue weighted by atomic mass is 10.1. The van der Waals surface area contributed by atoms with Crippen molar-refractivity contribution >= 4 is 5.91 Å². The van der Waals surface area contributed by atoms with E-state index in [2.05, 4.69) is 4.90 Å². The van der Waals surface area contributed by atoms with Crippen molar-refractivity contribution in [2.45, 2.75) is 31.7 Å². The van der Waals surface area contributed by atoms with Gasteiger partial charge in [-0.15, -0.1) is 0 Å². The lowest BCUT2D eigenvalue weighted by Gasteiger charge is -2.29. The number of alkyl halides is 2. The molecule has 1 aromatic rings. The summed E-state index contributed by atoms with van der Waals surface area (Å²) in [5, 5.41) is 0. The Bertz CT molecular complexity index is 453. The maximum absolute atomic E-state index is 12.8. The molecular formula is C16H22F2N2O. The molecule has 0 N–H and O–H groups in total. The van der Waals surface area contributed by atoms with E-state index in [0.717, 1.165) is 24.9 Å². The number of amides is 1. The van der Waals surface area contributed by atoms with E-state index in [-0.39, 0.29) is 6.04 Å². The number of rotatable bonds is 6. The van der Waals surface area contributed by atoms with Crippen LogP contribution in [0.2, 0.25) is 0 Å². The van der Waals surface area contributed by atoms with Crippen molar-refractivity contribution in [3.05, 3.63) is 35.9 Å². The van der Waals surface area contributed by atoms with Gasteiger partial charge in [0.1, 0.15) is 0 Å². The number of likely N-dealkylation sites (N-methyl/N-ethyl adjacent to an activating group) is 1. The first-order valence-corrected chi connectivity index (χ1v) is 7.39. The van der Waals surface area contributed by atoms with Gasteiger partial charge in [0.25, 0.3) is 5.91 Å². The topological polar surface area (TPSA) is 23.6 Å². The molecule has 5 heteroatoms. The summed E-state index contributed by atoms with van der Waals surface area (Å²) in [4.78, 5) is 15.2. The molecule has 0 radical (unpaired) electrons. The average molecular weight is 296 g/mol. The molecule has 0 aliphatic carbocycles. The average Bonchev–Trinajstić information content (AvgIpc) is 2.89. The molecule has 21 heavy (non-hydrogen) atoms. The summed E-state index contributed by atoms with van der Waals surface area (Å²) < 4.78 is 25.5. The minimum Gasteiger partial charge on any atom is -0.336 e. The van der Waals surface area contributed by atoms with Crippen LogP contribution in [0.4, 0.5) is 8.78 Å². The summed E-state index contributed by atoms with van der Waals surface area (Å²) in [6.45, 7) is 1.71. The van der Waals surface area contributed by atoms with Gasteiger partial charge in [0.15, 0.2) is 0 Å². The number of likely N-dealkylation sites (tertiary alicyclic amines) is 1. The number of nitrogens with zero attached hydrogens (tertiary/aromatic N) is 2. The predicted molar refractivity (Wildman–Crippen MR) is 78.4 cm³/mol. The van der Waals surface area contributed by atoms with Gasteiger partial charge in [0.2, 0.25) is 0 Å². The molecule has 1 atom stereocenters. The molecule has 1 saturated heterocycles. The Morgan fingerprint density at radius 3 is 2.67 bits per heavy atom. The number of carbonyl (C=O) groups is 1. The Morgan fingerprint density at radius 1 is 1.38 bits per heavy atom. The Balaban J connectivity index is 1.96. The lowest BCUT2D eigenvalue weighted by Crippen LogP contribution is -2.45. The van der Waals surface area contributed by atoms with Crippen LogP contribution in [-0.4, -0.2) is 54.9 Å². The minimum atomic E-state index is -2.92. The van der Waals surface area contributed by atoms with Crippen LogP contribution in [0.25, 0.3) is 0 Å². The van der Waals surface area contributed by atoms with E-state index in [1.807, 2.05) is 37.4 Å². The van der Waals surface area contributed by atoms with Crippen molar-refractivity contribution in [1.29, 1.82) is 0 Å². The van der Waals surface area contributed by atoms with E-state index >= 15 is 0 Å². The Kier molecular flexibility index (Phi) is 5.67. The Hall–Kier alpha value is -1.49. The van der Waals surface area contributed by atoms with E-state index in [1.54, 1.807) is 0 Å². The van der Waals surface area contributed by atoms with Crippen LogP contribution in [-0.2, 0) is 11.2 Å². The van der Waals surface area contributed by atoms with Crippen molar-refractivity contribution < 1.29 is 13.6 Å². The first-order valence-electron chi connectivity index (χ1n) is 7.39. The highest BCUT2D eigenvalue weighted by molar-refractivity contribution is 5.79. The summed E-state index contributed by atoms with van der Waals surface area (Å²) in [5.41, 5.74) is 1.06. The van der Waals surface area contributed by atoms with Crippen molar-refractivity contribution in [3.63, 3.8) is 0 Å². The lowest BCUT2D eigenvalue weighted by molar-refractivity contribution is -0.143. The SMILES string of the molecule is CN1CCCC1CN(CCc1ccccc1)C(=O)C(F)F. The van der Waals surface area contributed by atoms with Crippen LogP contribution >= 0.6 is 0 Å². The molecule has 1 aromatic carbocycles. The third-order valence-corrected chi connectivity index (χ3v) is 4.11. The molecule has 0 aromatic heterocycles. The van der Waals surface area contributed by atoms with Crippen molar-refractivity contribution in [1.82, 2.24) is 9.80 Å². The molecule has 1 fully saturated rings. The van der Waals surface area contributed by atoms with E-state index < -0.39 is 12.3 Å². The summed E-state index contributed by atoms with van der Waals surface area (Å²) in [6.07, 6.45) is -0.284. The van der Waals surface area contributed by atoms with Gasteiger partial charge in [-0.3, -0.25) is 4.79 Å². The summed E-state index contributed by atoms with van der Waals surface area (Å²) >= 11 is 0. The van der Waals surface area contributed by atoms with Gasteiger partial charge in [0.05, 0.1) is 0 Å². The number of hydrogen-bond donors (Lipinski definition) is 0. The fourth-order valence-electron chi connectivity index (χ4n) is 2.80. The highest BCUT2D eigenvalue weighted by atomic mass is 19.3. The Morgan fingerprint density at radius 2 is 2.10 bits per heavy atom. The van der Waals surface area contributed by atoms with Crippen LogP contribution in [0.5, 0.6) is 0 Å². The molecule has 1 amide bonds. The molecule has 1 heterocycles. The van der Waals surface area contributed by atoms with Gasteiger partial charge in [-0.2, -0.15) is 8.78 Å². The molecule has 3 nitrogen and oxygen atoms in total. The second kappa shape index (κ2) is 7.50. The van der Waals surface area contributed by atoms with Crippen molar-refractivity contribution in [2.24, 2.45) is 0 Å². The molecule has 0 saturated carbocycles. The van der Waals surface area contributed by atoms with E-state index in [4.69, 9.17) is 0 Å². The number of hydrogen-bond acceptors (Lipinski definition) is 2. The zero-order valence-corrected chi connectivity index (χ0v) is 12.3. The second-order valence-electron chi connectivity index (χ2n) is 5.60. The van der Waals surface area contributed by atoms with E-state index in [1.165, 1.54) is 4.90 Å². The molecule has 0 spiro atoms. The molecule has 116 valence electrons. The summed E-state index contributed by atoms with van der Waals surface area (Å²) in [6, 6.07) is 9.85. The smallest absolute Gasteiger partial charge is 0.315 e. The first kappa shape index (κ1) is 15.9. The second-order valence-corrected chi connectivity index (χ2v) is 5.60. The van der Waals surface area contributed by atoms with Crippen molar-refractivity contribution in [2.75, 3.05) is 26.7 Å². The van der Waals surface area contributed by atoms with Crippen LogP contribution in [0.1, 0.15) is 18.4 Å². The summed E-state index contributed by atoms with van der Waals surface area (Å²) in [7, 11) is 1.99. The highest BCUT2D eigenvalue weighted by Crippen LogP contribution is 2.17. The number of halogens is 2. The van der Waals surface area contributed by atoms with Gasteiger partial charge in [-0.25, -0.2) is 0 Å². The molecule has 1 aliphatic heterocycles. The van der Waals surface area contributed by atoms with E-state index in [9.17, 15) is 13.6 Å². The minimum absolute atomic E-state index is 0.198. The molecule has 1 aliphatic rings. The highest BCUT2D eigenvalue weighted by Gasteiger charge is 2.29. The monoisotopic (exact) mass is 296 g/mol. The fraction of sp³-hybridized carbons (Fsp3) is 0.562. The third kappa shape index (κ3) is 4.49. The zero-order valence-electron chi connectivity index (χ0n) is 12.3. The van der Waals surface area contributed by atoms with Crippen LogP contribution in [0.3, 0.4) is 0 Å². The number of benzene rings is 1. The van der Waals surface area contributed by atoms with Crippen LogP contribution in [0, 0.1) is 0 Å². The first-order chi connectivity index (χ1) is 10.1. The van der Waals surface area contributed by atoms with Gasteiger partial charge < -0.3 is 9.80 Å². The normalized spacial score (nSPS) is 19.1. The summed E-state index contributed by atoms with van der Waals surface area (Å²) in [5.74, 6) is -1.05. The van der Waals surface area contributed by atoms with Gasteiger partial charge in [0, 0.05) is 19.1 Å². The zero-order chi connectivity index (χ0) is 15.2. The standard InChI is InChI=1S/C16H22F2N2O/c1-19-10-5-8-14(19)12-20(16(21)15(17)18)11-9-13-6-3-2-4-7-13/h2-4,6-7,14-15H,5,8-12H2,1H3. The maximum Gasteiger partial charge on any atom is 0.315 e. The van der Waals surface area contributed by atoms with Crippen molar-refractivity contribution in [3.8, 4) is 0 Å².